The summed E-state index contributed by atoms with van der Waals surface area (Å²) >= 11 is 0. The predicted molar refractivity (Wildman–Crippen MR) is 52.5 cm³/mol. The van der Waals surface area contributed by atoms with Crippen molar-refractivity contribution in [1.29, 1.82) is 0 Å². The molecule has 1 aliphatic heterocycles. The van der Waals surface area contributed by atoms with Gasteiger partial charge in [0.15, 0.2) is 0 Å². The smallest absolute Gasteiger partial charge is 0.309 e. The number of carbonyl (C=O) groups is 1. The van der Waals surface area contributed by atoms with E-state index in [4.69, 9.17) is 4.74 Å². The molecule has 0 spiro atoms. The second-order valence-corrected chi connectivity index (χ2v) is 5.00. The van der Waals surface area contributed by atoms with Gasteiger partial charge in [-0.3, -0.25) is 4.79 Å². The fraction of sp³-hybridized carbons (Fsp3) is 0.750. The van der Waals surface area contributed by atoms with Crippen LogP contribution in [0.3, 0.4) is 0 Å². The van der Waals surface area contributed by atoms with Crippen LogP contribution >= 0.6 is 0 Å². The highest BCUT2D eigenvalue weighted by atomic mass is 16.5. The number of rotatable bonds is 0. The quantitative estimate of drug-likeness (QED) is 0.433. The minimum Gasteiger partial charge on any atom is -0.465 e. The van der Waals surface area contributed by atoms with Crippen molar-refractivity contribution < 1.29 is 9.53 Å². The van der Waals surface area contributed by atoms with Gasteiger partial charge in [-0.2, -0.15) is 0 Å². The van der Waals surface area contributed by atoms with Gasteiger partial charge in [0.05, 0.1) is 12.5 Å². The molecule has 5 atom stereocenters. The molecule has 2 aliphatic carbocycles. The lowest BCUT2D eigenvalue weighted by molar-refractivity contribution is -0.143. The maximum Gasteiger partial charge on any atom is 0.309 e. The van der Waals surface area contributed by atoms with E-state index in [1.165, 1.54) is 12.8 Å². The number of ether oxygens (including phenoxy) is 1. The lowest BCUT2D eigenvalue weighted by Gasteiger charge is -2.29. The highest BCUT2D eigenvalue weighted by Gasteiger charge is 2.49. The number of hydrogen-bond acceptors (Lipinski definition) is 2. The predicted octanol–water partition coefficient (Wildman–Crippen LogP) is 2.01. The van der Waals surface area contributed by atoms with Crippen LogP contribution < -0.4 is 0 Å². The lowest BCUT2D eigenvalue weighted by atomic mass is 9.72. The van der Waals surface area contributed by atoms with E-state index in [1.54, 1.807) is 0 Å². The van der Waals surface area contributed by atoms with Gasteiger partial charge in [0.2, 0.25) is 0 Å². The van der Waals surface area contributed by atoms with Gasteiger partial charge in [-0.25, -0.2) is 0 Å². The molecule has 1 heterocycles. The van der Waals surface area contributed by atoms with E-state index in [0.717, 1.165) is 5.92 Å². The van der Waals surface area contributed by atoms with E-state index in [0.29, 0.717) is 24.4 Å². The minimum atomic E-state index is 0.0588. The standard InChI is InChI=1S/C12H16O2/c1-7-2-4-10-9(7)5-3-8-6-14-12(13)11(8)10/h3,5,7-11H,2,4,6H2,1H3/t7-,8-,9+,10+,11+/m0/s1. The zero-order valence-electron chi connectivity index (χ0n) is 8.48. The van der Waals surface area contributed by atoms with Crippen molar-refractivity contribution in [2.75, 3.05) is 6.61 Å². The minimum absolute atomic E-state index is 0.0588. The summed E-state index contributed by atoms with van der Waals surface area (Å²) in [5, 5.41) is 0. The maximum atomic E-state index is 11.6. The molecule has 0 unspecified atom stereocenters. The molecule has 2 nitrogen and oxygen atoms in total. The average Bonchev–Trinajstić information content (AvgIpc) is 2.72. The van der Waals surface area contributed by atoms with E-state index >= 15 is 0 Å². The molecule has 0 amide bonds. The molecule has 0 aromatic heterocycles. The van der Waals surface area contributed by atoms with E-state index in [1.807, 2.05) is 0 Å². The fourth-order valence-corrected chi connectivity index (χ4v) is 3.51. The van der Waals surface area contributed by atoms with Crippen LogP contribution in [-0.4, -0.2) is 12.6 Å². The molecule has 0 bridgehead atoms. The molecule has 0 aromatic rings. The summed E-state index contributed by atoms with van der Waals surface area (Å²) in [5.74, 6) is 2.61. The van der Waals surface area contributed by atoms with Gasteiger partial charge in [-0.1, -0.05) is 19.1 Å². The second kappa shape index (κ2) is 2.85. The van der Waals surface area contributed by atoms with Crippen LogP contribution in [-0.2, 0) is 9.53 Å². The molecule has 3 rings (SSSR count). The molecule has 2 fully saturated rings. The van der Waals surface area contributed by atoms with Crippen LogP contribution in [0.1, 0.15) is 19.8 Å². The first kappa shape index (κ1) is 8.51. The monoisotopic (exact) mass is 192 g/mol. The molecule has 76 valence electrons. The third kappa shape index (κ3) is 0.999. The van der Waals surface area contributed by atoms with Gasteiger partial charge < -0.3 is 4.74 Å². The first-order valence-corrected chi connectivity index (χ1v) is 5.62. The molecule has 1 saturated carbocycles. The summed E-state index contributed by atoms with van der Waals surface area (Å²) < 4.78 is 5.15. The molecule has 14 heavy (non-hydrogen) atoms. The first-order chi connectivity index (χ1) is 6.77. The molecule has 0 radical (unpaired) electrons. The molecule has 2 heteroatoms. The third-order valence-electron chi connectivity index (χ3n) is 4.30. The van der Waals surface area contributed by atoms with E-state index in [2.05, 4.69) is 19.1 Å². The highest BCUT2D eigenvalue weighted by Crippen LogP contribution is 2.49. The first-order valence-electron chi connectivity index (χ1n) is 5.62. The summed E-state index contributed by atoms with van der Waals surface area (Å²) in [5.41, 5.74) is 0. The van der Waals surface area contributed by atoms with Crippen LogP contribution in [0.25, 0.3) is 0 Å². The lowest BCUT2D eigenvalue weighted by Crippen LogP contribution is -2.31. The Morgan fingerprint density at radius 2 is 2.21 bits per heavy atom. The van der Waals surface area contributed by atoms with Crippen LogP contribution in [0.4, 0.5) is 0 Å². The Bertz CT molecular complexity index is 295. The molecule has 1 saturated heterocycles. The van der Waals surface area contributed by atoms with Gasteiger partial charge in [-0.15, -0.1) is 0 Å². The topological polar surface area (TPSA) is 26.3 Å². The van der Waals surface area contributed by atoms with E-state index < -0.39 is 0 Å². The van der Waals surface area contributed by atoms with Crippen molar-refractivity contribution in [3.63, 3.8) is 0 Å². The summed E-state index contributed by atoms with van der Waals surface area (Å²) in [7, 11) is 0. The number of fused-ring (bicyclic) bond motifs is 3. The van der Waals surface area contributed by atoms with Crippen molar-refractivity contribution in [1.82, 2.24) is 0 Å². The Morgan fingerprint density at radius 1 is 1.36 bits per heavy atom. The molecule has 3 aliphatic rings. The number of carbonyl (C=O) groups excluding carboxylic acids is 1. The second-order valence-electron chi connectivity index (χ2n) is 5.00. The van der Waals surface area contributed by atoms with Crippen LogP contribution in [0.5, 0.6) is 0 Å². The third-order valence-corrected chi connectivity index (χ3v) is 4.30. The summed E-state index contributed by atoms with van der Waals surface area (Å²) in [6, 6.07) is 0. The maximum absolute atomic E-state index is 11.6. The Labute approximate surface area is 84.3 Å². The van der Waals surface area contributed by atoms with Gasteiger partial charge in [-0.05, 0) is 30.6 Å². The van der Waals surface area contributed by atoms with Crippen LogP contribution in [0.15, 0.2) is 12.2 Å². The molecular formula is C12H16O2. The van der Waals surface area contributed by atoms with Crippen molar-refractivity contribution in [2.45, 2.75) is 19.8 Å². The Hall–Kier alpha value is -0.790. The number of allylic oxidation sites excluding steroid dienone is 1. The van der Waals surface area contributed by atoms with E-state index in [-0.39, 0.29) is 11.9 Å². The van der Waals surface area contributed by atoms with Crippen molar-refractivity contribution in [2.24, 2.45) is 29.6 Å². The fourth-order valence-electron chi connectivity index (χ4n) is 3.51. The van der Waals surface area contributed by atoms with Crippen molar-refractivity contribution >= 4 is 5.97 Å². The normalized spacial score (nSPS) is 50.1. The number of cyclic esters (lactones) is 1. The molecule has 0 aromatic carbocycles. The number of hydrogen-bond donors (Lipinski definition) is 0. The largest absolute Gasteiger partial charge is 0.465 e. The Morgan fingerprint density at radius 3 is 3.07 bits per heavy atom. The van der Waals surface area contributed by atoms with Crippen molar-refractivity contribution in [3.05, 3.63) is 12.2 Å². The summed E-state index contributed by atoms with van der Waals surface area (Å²) in [6.45, 7) is 2.92. The molecule has 0 N–H and O–H groups in total. The van der Waals surface area contributed by atoms with Crippen LogP contribution in [0.2, 0.25) is 0 Å². The zero-order chi connectivity index (χ0) is 9.71. The summed E-state index contributed by atoms with van der Waals surface area (Å²) in [6.07, 6.45) is 7.05. The van der Waals surface area contributed by atoms with Gasteiger partial charge >= 0.3 is 5.97 Å². The van der Waals surface area contributed by atoms with Gasteiger partial charge in [0.25, 0.3) is 0 Å². The van der Waals surface area contributed by atoms with Crippen LogP contribution in [0, 0.1) is 29.6 Å². The Kier molecular flexibility index (Phi) is 1.73. The van der Waals surface area contributed by atoms with Gasteiger partial charge in [0.1, 0.15) is 0 Å². The highest BCUT2D eigenvalue weighted by molar-refractivity contribution is 5.76. The number of esters is 1. The van der Waals surface area contributed by atoms with Gasteiger partial charge in [0, 0.05) is 5.92 Å². The van der Waals surface area contributed by atoms with Crippen molar-refractivity contribution in [3.8, 4) is 0 Å². The Balaban J connectivity index is 1.94. The zero-order valence-corrected chi connectivity index (χ0v) is 8.48. The average molecular weight is 192 g/mol. The SMILES string of the molecule is C[C@H]1CC[C@@H]2[C@@H]1C=C[C@H]1COC(=O)[C@@H]21. The van der Waals surface area contributed by atoms with E-state index in [9.17, 15) is 4.79 Å². The molecular weight excluding hydrogens is 176 g/mol. The summed E-state index contributed by atoms with van der Waals surface area (Å²) in [4.78, 5) is 11.6.